The van der Waals surface area contributed by atoms with Crippen LogP contribution in [0.3, 0.4) is 0 Å². The van der Waals surface area contributed by atoms with E-state index >= 15 is 0 Å². The Morgan fingerprint density at radius 2 is 1.73 bits per heavy atom. The molecule has 0 aliphatic heterocycles. The highest BCUT2D eigenvalue weighted by Crippen LogP contribution is 2.07. The van der Waals surface area contributed by atoms with Gasteiger partial charge in [0.25, 0.3) is 0 Å². The molecular formula is C9H20O2. The van der Waals surface area contributed by atoms with E-state index in [1.165, 1.54) is 0 Å². The first kappa shape index (κ1) is 10.9. The number of unbranched alkanes of at least 4 members (excludes halogenated alkanes) is 1. The molecule has 68 valence electrons. The molecule has 0 rings (SSSR count). The third kappa shape index (κ3) is 7.82. The van der Waals surface area contributed by atoms with Crippen molar-refractivity contribution in [1.29, 1.82) is 0 Å². The van der Waals surface area contributed by atoms with Crippen molar-refractivity contribution in [3.8, 4) is 0 Å². The van der Waals surface area contributed by atoms with Crippen LogP contribution in [0, 0.1) is 0 Å². The van der Waals surface area contributed by atoms with E-state index in [2.05, 4.69) is 6.92 Å². The van der Waals surface area contributed by atoms with Gasteiger partial charge in [-0.1, -0.05) is 19.8 Å². The summed E-state index contributed by atoms with van der Waals surface area (Å²) in [6.45, 7) is 3.87. The smallest absolute Gasteiger partial charge is 0.0541 e. The second kappa shape index (κ2) is 6.62. The van der Waals surface area contributed by atoms with Crippen LogP contribution in [0.25, 0.3) is 0 Å². The molecule has 0 amide bonds. The van der Waals surface area contributed by atoms with Crippen molar-refractivity contribution in [2.24, 2.45) is 0 Å². The van der Waals surface area contributed by atoms with E-state index in [1.54, 1.807) is 6.92 Å². The highest BCUT2D eigenvalue weighted by molar-refractivity contribution is 4.57. The Labute approximate surface area is 69.2 Å². The Hall–Kier alpha value is -0.0800. The van der Waals surface area contributed by atoms with Crippen molar-refractivity contribution in [2.45, 2.75) is 58.2 Å². The summed E-state index contributed by atoms with van der Waals surface area (Å²) in [6, 6.07) is 0. The van der Waals surface area contributed by atoms with Gasteiger partial charge in [-0.3, -0.25) is 0 Å². The zero-order valence-electron chi connectivity index (χ0n) is 7.58. The van der Waals surface area contributed by atoms with Crippen molar-refractivity contribution < 1.29 is 10.2 Å². The third-order valence-electron chi connectivity index (χ3n) is 1.81. The van der Waals surface area contributed by atoms with Crippen LogP contribution in [0.5, 0.6) is 0 Å². The monoisotopic (exact) mass is 160 g/mol. The van der Waals surface area contributed by atoms with Crippen LogP contribution in [0.1, 0.15) is 46.0 Å². The summed E-state index contributed by atoms with van der Waals surface area (Å²) >= 11 is 0. The molecule has 2 nitrogen and oxygen atoms in total. The maximum absolute atomic E-state index is 9.32. The van der Waals surface area contributed by atoms with Crippen LogP contribution in [0.4, 0.5) is 0 Å². The lowest BCUT2D eigenvalue weighted by Crippen LogP contribution is -2.10. The maximum atomic E-state index is 9.32. The normalized spacial score (nSPS) is 16.4. The van der Waals surface area contributed by atoms with Crippen LogP contribution in [0.15, 0.2) is 0 Å². The van der Waals surface area contributed by atoms with E-state index in [4.69, 9.17) is 5.11 Å². The zero-order valence-corrected chi connectivity index (χ0v) is 7.58. The summed E-state index contributed by atoms with van der Waals surface area (Å²) in [5.41, 5.74) is 0. The number of aliphatic hydroxyl groups is 2. The molecule has 0 aliphatic carbocycles. The van der Waals surface area contributed by atoms with Gasteiger partial charge in [0.05, 0.1) is 12.2 Å². The number of aliphatic hydroxyl groups excluding tert-OH is 2. The van der Waals surface area contributed by atoms with Crippen molar-refractivity contribution in [1.82, 2.24) is 0 Å². The van der Waals surface area contributed by atoms with E-state index in [0.29, 0.717) is 6.42 Å². The van der Waals surface area contributed by atoms with Gasteiger partial charge in [-0.25, -0.2) is 0 Å². The first-order valence-electron chi connectivity index (χ1n) is 4.53. The molecule has 0 aliphatic rings. The molecule has 0 radical (unpaired) electrons. The highest BCUT2D eigenvalue weighted by Gasteiger charge is 2.04. The van der Waals surface area contributed by atoms with Gasteiger partial charge in [0, 0.05) is 0 Å². The van der Waals surface area contributed by atoms with Gasteiger partial charge in [0.1, 0.15) is 0 Å². The SMILES string of the molecule is CCCCC(O)CCC(C)O. The maximum Gasteiger partial charge on any atom is 0.0541 e. The topological polar surface area (TPSA) is 40.5 Å². The van der Waals surface area contributed by atoms with Crippen LogP contribution in [-0.4, -0.2) is 22.4 Å². The summed E-state index contributed by atoms with van der Waals surface area (Å²) in [4.78, 5) is 0. The summed E-state index contributed by atoms with van der Waals surface area (Å²) in [5, 5.41) is 18.2. The molecule has 11 heavy (non-hydrogen) atoms. The van der Waals surface area contributed by atoms with E-state index < -0.39 is 0 Å². The molecule has 0 spiro atoms. The predicted octanol–water partition coefficient (Wildman–Crippen LogP) is 1.70. The van der Waals surface area contributed by atoms with Gasteiger partial charge < -0.3 is 10.2 Å². The summed E-state index contributed by atoms with van der Waals surface area (Å²) in [5.74, 6) is 0. The van der Waals surface area contributed by atoms with Gasteiger partial charge >= 0.3 is 0 Å². The lowest BCUT2D eigenvalue weighted by Gasteiger charge is -2.10. The Morgan fingerprint density at radius 3 is 2.18 bits per heavy atom. The van der Waals surface area contributed by atoms with Gasteiger partial charge in [0.15, 0.2) is 0 Å². The molecule has 0 aromatic rings. The van der Waals surface area contributed by atoms with Crippen molar-refractivity contribution in [3.63, 3.8) is 0 Å². The molecule has 0 aromatic heterocycles. The molecule has 0 saturated heterocycles. The summed E-state index contributed by atoms with van der Waals surface area (Å²) in [7, 11) is 0. The van der Waals surface area contributed by atoms with Crippen LogP contribution >= 0.6 is 0 Å². The second-order valence-electron chi connectivity index (χ2n) is 3.22. The Bertz CT molecular complexity index is 81.6. The molecule has 0 saturated carbocycles. The Morgan fingerprint density at radius 1 is 1.09 bits per heavy atom. The van der Waals surface area contributed by atoms with Gasteiger partial charge in [-0.15, -0.1) is 0 Å². The highest BCUT2D eigenvalue weighted by atomic mass is 16.3. The minimum absolute atomic E-state index is 0.204. The molecule has 2 heteroatoms. The van der Waals surface area contributed by atoms with E-state index in [9.17, 15) is 5.11 Å². The number of hydrogen-bond donors (Lipinski definition) is 2. The van der Waals surface area contributed by atoms with Crippen LogP contribution in [0.2, 0.25) is 0 Å². The zero-order chi connectivity index (χ0) is 8.69. The van der Waals surface area contributed by atoms with Gasteiger partial charge in [-0.05, 0) is 26.2 Å². The Balaban J connectivity index is 3.15. The molecule has 0 fully saturated rings. The standard InChI is InChI=1S/C9H20O2/c1-3-4-5-9(11)7-6-8(2)10/h8-11H,3-7H2,1-2H3. The fraction of sp³-hybridized carbons (Fsp3) is 1.00. The molecule has 0 bridgehead atoms. The Kier molecular flexibility index (Phi) is 6.57. The van der Waals surface area contributed by atoms with E-state index in [1.807, 2.05) is 0 Å². The molecular weight excluding hydrogens is 140 g/mol. The molecule has 0 heterocycles. The number of hydrogen-bond acceptors (Lipinski definition) is 2. The van der Waals surface area contributed by atoms with Crippen molar-refractivity contribution in [3.05, 3.63) is 0 Å². The minimum atomic E-state index is -0.272. The molecule has 2 unspecified atom stereocenters. The van der Waals surface area contributed by atoms with Gasteiger partial charge in [0.2, 0.25) is 0 Å². The fourth-order valence-corrected chi connectivity index (χ4v) is 1.02. The van der Waals surface area contributed by atoms with E-state index in [-0.39, 0.29) is 12.2 Å². The lowest BCUT2D eigenvalue weighted by atomic mass is 10.1. The summed E-state index contributed by atoms with van der Waals surface area (Å²) < 4.78 is 0. The van der Waals surface area contributed by atoms with E-state index in [0.717, 1.165) is 25.7 Å². The average molecular weight is 160 g/mol. The first-order chi connectivity index (χ1) is 5.16. The molecule has 0 aromatic carbocycles. The van der Waals surface area contributed by atoms with Crippen molar-refractivity contribution in [2.75, 3.05) is 0 Å². The first-order valence-corrected chi connectivity index (χ1v) is 4.53. The fourth-order valence-electron chi connectivity index (χ4n) is 1.02. The second-order valence-corrected chi connectivity index (χ2v) is 3.22. The molecule has 2 atom stereocenters. The quantitative estimate of drug-likeness (QED) is 0.621. The largest absolute Gasteiger partial charge is 0.393 e. The molecule has 2 N–H and O–H groups in total. The van der Waals surface area contributed by atoms with Crippen LogP contribution < -0.4 is 0 Å². The van der Waals surface area contributed by atoms with Gasteiger partial charge in [-0.2, -0.15) is 0 Å². The van der Waals surface area contributed by atoms with Crippen molar-refractivity contribution >= 4 is 0 Å². The average Bonchev–Trinajstić information content (AvgIpc) is 1.97. The van der Waals surface area contributed by atoms with Crippen LogP contribution in [-0.2, 0) is 0 Å². The summed E-state index contributed by atoms with van der Waals surface area (Å²) in [6.07, 6.45) is 4.06. The predicted molar refractivity (Wildman–Crippen MR) is 46.4 cm³/mol. The lowest BCUT2D eigenvalue weighted by molar-refractivity contribution is 0.115. The number of rotatable bonds is 6. The minimum Gasteiger partial charge on any atom is -0.393 e. The third-order valence-corrected chi connectivity index (χ3v) is 1.81.